The van der Waals surface area contributed by atoms with Crippen LogP contribution >= 0.6 is 0 Å². The molecule has 0 aliphatic heterocycles. The highest BCUT2D eigenvalue weighted by Crippen LogP contribution is 2.47. The second-order valence-electron chi connectivity index (χ2n) is 9.69. The third kappa shape index (κ3) is 5.45. The van der Waals surface area contributed by atoms with E-state index in [0.717, 1.165) is 31.2 Å². The van der Waals surface area contributed by atoms with Gasteiger partial charge in [-0.3, -0.25) is 9.59 Å². The standard InChI is InChI=1S/C28H33FO4/c1-17(18(2)30)27(20-9-10-20)22-5-4-6-24(15-22)33-28(31)21-11-7-19(8-12-21)25-16-23(32-3)13-14-26(25)29/h4-6,13-17,19-21,27H,7-12H2,1-3H3/t17-,19?,21?,27+/m1/s1. The summed E-state index contributed by atoms with van der Waals surface area (Å²) in [6.07, 6.45) is 5.11. The molecular formula is C28H33FO4. The van der Waals surface area contributed by atoms with Gasteiger partial charge in [-0.15, -0.1) is 0 Å². The van der Waals surface area contributed by atoms with Crippen LogP contribution in [-0.4, -0.2) is 18.9 Å². The number of rotatable bonds is 8. The first-order chi connectivity index (χ1) is 15.9. The molecule has 0 amide bonds. The van der Waals surface area contributed by atoms with Gasteiger partial charge in [-0.05, 0) is 105 Å². The smallest absolute Gasteiger partial charge is 0.314 e. The molecule has 176 valence electrons. The molecule has 0 heterocycles. The molecular weight excluding hydrogens is 419 g/mol. The van der Waals surface area contributed by atoms with Crippen LogP contribution in [0.3, 0.4) is 0 Å². The molecule has 0 saturated heterocycles. The van der Waals surface area contributed by atoms with Gasteiger partial charge in [-0.1, -0.05) is 19.1 Å². The number of hydrogen-bond donors (Lipinski definition) is 0. The molecule has 33 heavy (non-hydrogen) atoms. The summed E-state index contributed by atoms with van der Waals surface area (Å²) in [7, 11) is 1.58. The van der Waals surface area contributed by atoms with Crippen LogP contribution in [0.25, 0.3) is 0 Å². The van der Waals surface area contributed by atoms with E-state index in [1.165, 1.54) is 6.07 Å². The van der Waals surface area contributed by atoms with Crippen LogP contribution < -0.4 is 9.47 Å². The monoisotopic (exact) mass is 452 g/mol. The van der Waals surface area contributed by atoms with Crippen molar-refractivity contribution in [3.05, 3.63) is 59.4 Å². The summed E-state index contributed by atoms with van der Waals surface area (Å²) in [4.78, 5) is 24.9. The van der Waals surface area contributed by atoms with Crippen LogP contribution in [0, 0.1) is 23.6 Å². The summed E-state index contributed by atoms with van der Waals surface area (Å²) in [5, 5.41) is 0. The van der Waals surface area contributed by atoms with Crippen molar-refractivity contribution in [1.29, 1.82) is 0 Å². The molecule has 2 aliphatic rings. The maximum absolute atomic E-state index is 14.3. The highest BCUT2D eigenvalue weighted by atomic mass is 19.1. The van der Waals surface area contributed by atoms with Gasteiger partial charge in [0.1, 0.15) is 23.1 Å². The SMILES string of the molecule is COc1ccc(F)c(C2CCC(C(=O)Oc3cccc([C@H](C4CC4)[C@H](C)C(C)=O)c3)CC2)c1. The first kappa shape index (κ1) is 23.5. The van der Waals surface area contributed by atoms with Crippen LogP contribution in [0.4, 0.5) is 4.39 Å². The lowest BCUT2D eigenvalue weighted by atomic mass is 9.78. The molecule has 2 aromatic rings. The maximum atomic E-state index is 14.3. The van der Waals surface area contributed by atoms with Crippen molar-refractivity contribution >= 4 is 11.8 Å². The van der Waals surface area contributed by atoms with Gasteiger partial charge in [-0.2, -0.15) is 0 Å². The number of carbonyl (C=O) groups is 2. The molecule has 0 N–H and O–H groups in total. The summed E-state index contributed by atoms with van der Waals surface area (Å²) in [6, 6.07) is 12.5. The highest BCUT2D eigenvalue weighted by Gasteiger charge is 2.37. The van der Waals surface area contributed by atoms with E-state index in [1.54, 1.807) is 32.2 Å². The molecule has 4 rings (SSSR count). The Morgan fingerprint density at radius 1 is 0.970 bits per heavy atom. The van der Waals surface area contributed by atoms with Gasteiger partial charge >= 0.3 is 5.97 Å². The van der Waals surface area contributed by atoms with Crippen molar-refractivity contribution in [2.24, 2.45) is 17.8 Å². The molecule has 0 bridgehead atoms. The summed E-state index contributed by atoms with van der Waals surface area (Å²) in [5.74, 6) is 1.50. The highest BCUT2D eigenvalue weighted by molar-refractivity contribution is 5.79. The third-order valence-electron chi connectivity index (χ3n) is 7.47. The lowest BCUT2D eigenvalue weighted by Crippen LogP contribution is -2.25. The summed E-state index contributed by atoms with van der Waals surface area (Å²) >= 11 is 0. The molecule has 4 nitrogen and oxygen atoms in total. The minimum absolute atomic E-state index is 0.0456. The zero-order valence-electron chi connectivity index (χ0n) is 19.7. The molecule has 0 aromatic heterocycles. The third-order valence-corrected chi connectivity index (χ3v) is 7.47. The molecule has 2 saturated carbocycles. The largest absolute Gasteiger partial charge is 0.497 e. The van der Waals surface area contributed by atoms with E-state index in [1.807, 2.05) is 25.1 Å². The summed E-state index contributed by atoms with van der Waals surface area (Å²) < 4.78 is 25.3. The van der Waals surface area contributed by atoms with E-state index in [-0.39, 0.29) is 41.2 Å². The predicted molar refractivity (Wildman–Crippen MR) is 125 cm³/mol. The van der Waals surface area contributed by atoms with Crippen LogP contribution in [-0.2, 0) is 9.59 Å². The van der Waals surface area contributed by atoms with E-state index in [0.29, 0.717) is 35.8 Å². The predicted octanol–water partition coefficient (Wildman–Crippen LogP) is 6.43. The second-order valence-corrected chi connectivity index (χ2v) is 9.69. The van der Waals surface area contributed by atoms with E-state index < -0.39 is 0 Å². The van der Waals surface area contributed by atoms with E-state index >= 15 is 0 Å². The van der Waals surface area contributed by atoms with Crippen LogP contribution in [0.1, 0.15) is 75.3 Å². The van der Waals surface area contributed by atoms with Crippen molar-refractivity contribution < 1.29 is 23.5 Å². The quantitative estimate of drug-likeness (QED) is 0.342. The van der Waals surface area contributed by atoms with Crippen LogP contribution in [0.5, 0.6) is 11.5 Å². The summed E-state index contributed by atoms with van der Waals surface area (Å²) in [6.45, 7) is 3.64. The minimum atomic E-state index is -0.223. The van der Waals surface area contributed by atoms with Crippen molar-refractivity contribution in [2.45, 2.75) is 64.2 Å². The number of carbonyl (C=O) groups excluding carboxylic acids is 2. The van der Waals surface area contributed by atoms with Gasteiger partial charge in [0.05, 0.1) is 13.0 Å². The fourth-order valence-corrected chi connectivity index (χ4v) is 5.26. The van der Waals surface area contributed by atoms with Gasteiger partial charge in [0.2, 0.25) is 0 Å². The van der Waals surface area contributed by atoms with E-state index in [2.05, 4.69) is 0 Å². The number of esters is 1. The average Bonchev–Trinajstić information content (AvgIpc) is 3.65. The average molecular weight is 453 g/mol. The topological polar surface area (TPSA) is 52.6 Å². The molecule has 0 spiro atoms. The number of Topliss-reactive ketones (excluding diaryl/α,β-unsaturated/α-hetero) is 1. The molecule has 0 unspecified atom stereocenters. The van der Waals surface area contributed by atoms with Crippen LogP contribution in [0.2, 0.25) is 0 Å². The Balaban J connectivity index is 1.39. The number of hydrogen-bond acceptors (Lipinski definition) is 4. The van der Waals surface area contributed by atoms with Gasteiger partial charge < -0.3 is 9.47 Å². The molecule has 5 heteroatoms. The number of ether oxygens (including phenoxy) is 2. The van der Waals surface area contributed by atoms with Crippen molar-refractivity contribution in [1.82, 2.24) is 0 Å². The number of methoxy groups -OCH3 is 1. The Hall–Kier alpha value is -2.69. The molecule has 2 atom stereocenters. The number of halogens is 1. The lowest BCUT2D eigenvalue weighted by molar-refractivity contribution is -0.140. The first-order valence-corrected chi connectivity index (χ1v) is 12.0. The van der Waals surface area contributed by atoms with Crippen LogP contribution in [0.15, 0.2) is 42.5 Å². The summed E-state index contributed by atoms with van der Waals surface area (Å²) in [5.41, 5.74) is 1.74. The van der Waals surface area contributed by atoms with Crippen molar-refractivity contribution in [3.63, 3.8) is 0 Å². The van der Waals surface area contributed by atoms with Gasteiger partial charge in [0.15, 0.2) is 0 Å². The molecule has 2 aromatic carbocycles. The van der Waals surface area contributed by atoms with Crippen molar-refractivity contribution in [3.8, 4) is 11.5 Å². The Morgan fingerprint density at radius 3 is 2.33 bits per heavy atom. The van der Waals surface area contributed by atoms with Gasteiger partial charge in [-0.25, -0.2) is 4.39 Å². The zero-order valence-corrected chi connectivity index (χ0v) is 19.7. The normalized spacial score (nSPS) is 22.3. The molecule has 0 radical (unpaired) electrons. The zero-order chi connectivity index (χ0) is 23.5. The van der Waals surface area contributed by atoms with Crippen molar-refractivity contribution in [2.75, 3.05) is 7.11 Å². The maximum Gasteiger partial charge on any atom is 0.314 e. The fraction of sp³-hybridized carbons (Fsp3) is 0.500. The molecule has 2 fully saturated rings. The number of benzene rings is 2. The van der Waals surface area contributed by atoms with E-state index in [4.69, 9.17) is 9.47 Å². The minimum Gasteiger partial charge on any atom is -0.497 e. The Labute approximate surface area is 195 Å². The molecule has 2 aliphatic carbocycles. The number of ketones is 1. The van der Waals surface area contributed by atoms with Gasteiger partial charge in [0.25, 0.3) is 0 Å². The van der Waals surface area contributed by atoms with E-state index in [9.17, 15) is 14.0 Å². The Kier molecular flexibility index (Phi) is 7.16. The fourth-order valence-electron chi connectivity index (χ4n) is 5.26. The Morgan fingerprint density at radius 2 is 1.70 bits per heavy atom. The first-order valence-electron chi connectivity index (χ1n) is 12.0. The lowest BCUT2D eigenvalue weighted by Gasteiger charge is -2.28. The second kappa shape index (κ2) is 10.1. The Bertz CT molecular complexity index is 1000. The van der Waals surface area contributed by atoms with Gasteiger partial charge in [0, 0.05) is 5.92 Å².